The Labute approximate surface area is 286 Å². The Kier molecular flexibility index (Phi) is 12.7. The highest BCUT2D eigenvalue weighted by Gasteiger charge is 2.56. The molecule has 5 fully saturated rings. The number of carbonyl (C=O) groups is 1. The van der Waals surface area contributed by atoms with Crippen molar-refractivity contribution in [3.63, 3.8) is 0 Å². The summed E-state index contributed by atoms with van der Waals surface area (Å²) in [7, 11) is 0. The van der Waals surface area contributed by atoms with E-state index in [-0.39, 0.29) is 38.4 Å². The van der Waals surface area contributed by atoms with Crippen molar-refractivity contribution < 1.29 is 74.1 Å². The molecule has 22 nitrogen and oxygen atoms in total. The van der Waals surface area contributed by atoms with Gasteiger partial charge < -0.3 is 109 Å². The number of aliphatic hydroxyl groups is 8. The molecule has 0 spiro atoms. The van der Waals surface area contributed by atoms with Crippen molar-refractivity contribution in [2.75, 3.05) is 19.7 Å². The fourth-order valence-electron chi connectivity index (χ4n) is 7.15. The summed E-state index contributed by atoms with van der Waals surface area (Å²) < 4.78 is 35.1. The summed E-state index contributed by atoms with van der Waals surface area (Å²) in [6, 6.07) is -5.20. The average Bonchev–Trinajstić information content (AvgIpc) is 3.37. The van der Waals surface area contributed by atoms with Crippen molar-refractivity contribution in [3.05, 3.63) is 0 Å². The van der Waals surface area contributed by atoms with Gasteiger partial charge in [0.05, 0.1) is 24.7 Å². The number of carbonyl (C=O) groups excluding carboxylic acids is 1. The maximum atomic E-state index is 13.0. The third-order valence-electron chi connectivity index (χ3n) is 10.3. The van der Waals surface area contributed by atoms with E-state index in [1.165, 1.54) is 0 Å². The van der Waals surface area contributed by atoms with E-state index in [2.05, 4.69) is 5.32 Å². The molecule has 19 unspecified atom stereocenters. The predicted octanol–water partition coefficient (Wildman–Crippen LogP) is -9.89. The molecule has 19 atom stereocenters. The van der Waals surface area contributed by atoms with E-state index in [9.17, 15) is 45.6 Å². The molecule has 5 rings (SSSR count). The normalized spacial score (nSPS) is 52.8. The molecular formula is C28H53N7O15. The lowest BCUT2D eigenvalue weighted by Gasteiger charge is -2.48. The van der Waals surface area contributed by atoms with Crippen LogP contribution in [0.4, 0.5) is 0 Å². The third kappa shape index (κ3) is 7.67. The monoisotopic (exact) mass is 727 g/mol. The first-order chi connectivity index (χ1) is 23.5. The standard InChI is InChI=1S/C28H53N7O15/c29-4-10-16(38)18(40)13(33)24(45-10)48-21-8(32)1-9(35-27(43)28(44)2-7(31)3-28)15(37)23(21)50-26-20(42)22(12(6-36)47-26)49-25-14(34)19(41)17(39)11(5-30)46-25/h7-26,36-42,44H,1-6,29-34H2,(H,35,43). The maximum Gasteiger partial charge on any atom is 0.252 e. The molecule has 0 aromatic rings. The lowest BCUT2D eigenvalue weighted by Crippen LogP contribution is -2.70. The molecule has 2 aliphatic carbocycles. The Morgan fingerprint density at radius 1 is 0.680 bits per heavy atom. The van der Waals surface area contributed by atoms with Crippen molar-refractivity contribution in [1.82, 2.24) is 5.32 Å². The van der Waals surface area contributed by atoms with E-state index in [1.807, 2.05) is 0 Å². The minimum atomic E-state index is -1.76. The van der Waals surface area contributed by atoms with Crippen LogP contribution >= 0.6 is 0 Å². The van der Waals surface area contributed by atoms with Crippen LogP contribution in [0, 0.1) is 0 Å². The quantitative estimate of drug-likeness (QED) is 0.0939. The zero-order valence-electron chi connectivity index (χ0n) is 27.2. The second-order valence-corrected chi connectivity index (χ2v) is 13.9. The molecule has 22 heteroatoms. The molecule has 0 aromatic heterocycles. The minimum Gasteiger partial charge on any atom is -0.394 e. The van der Waals surface area contributed by atoms with Gasteiger partial charge in [-0.1, -0.05) is 0 Å². The zero-order chi connectivity index (χ0) is 36.8. The molecule has 0 bridgehead atoms. The zero-order valence-corrected chi connectivity index (χ0v) is 27.2. The lowest BCUT2D eigenvalue weighted by atomic mass is 9.75. The fraction of sp³-hybridized carbons (Fsp3) is 0.964. The Balaban J connectivity index is 1.36. The summed E-state index contributed by atoms with van der Waals surface area (Å²) in [5.74, 6) is -0.799. The molecule has 50 heavy (non-hydrogen) atoms. The SMILES string of the molecule is NCC1OC(OC2C(CO)OC(OC3C(O)C(NC(=O)C4(O)CC(N)C4)CC(N)C3OC3OC(CN)C(O)C(O)C3N)C2O)C(N)C(O)C1O. The highest BCUT2D eigenvalue weighted by molar-refractivity contribution is 5.86. The molecule has 3 saturated heterocycles. The summed E-state index contributed by atoms with van der Waals surface area (Å²) in [4.78, 5) is 13.0. The van der Waals surface area contributed by atoms with Crippen LogP contribution < -0.4 is 39.7 Å². The minimum absolute atomic E-state index is 0.00478. The first-order valence-electron chi connectivity index (χ1n) is 16.6. The van der Waals surface area contributed by atoms with Crippen LogP contribution in [-0.4, -0.2) is 194 Å². The number of ether oxygens (including phenoxy) is 6. The molecule has 1 amide bonds. The molecule has 5 aliphatic rings. The van der Waals surface area contributed by atoms with Crippen molar-refractivity contribution in [3.8, 4) is 0 Å². The summed E-state index contributed by atoms with van der Waals surface area (Å²) in [6.45, 7) is -1.14. The molecule has 0 radical (unpaired) electrons. The highest BCUT2D eigenvalue weighted by Crippen LogP contribution is 2.36. The van der Waals surface area contributed by atoms with Gasteiger partial charge in [0.25, 0.3) is 5.91 Å². The summed E-state index contributed by atoms with van der Waals surface area (Å²) in [5, 5.41) is 87.8. The van der Waals surface area contributed by atoms with Crippen LogP contribution in [0.2, 0.25) is 0 Å². The van der Waals surface area contributed by atoms with Crippen LogP contribution in [0.5, 0.6) is 0 Å². The van der Waals surface area contributed by atoms with Gasteiger partial charge in [0.15, 0.2) is 18.9 Å². The molecule has 0 aromatic carbocycles. The van der Waals surface area contributed by atoms with E-state index in [0.29, 0.717) is 0 Å². The molecule has 290 valence electrons. The van der Waals surface area contributed by atoms with Gasteiger partial charge in [-0.25, -0.2) is 0 Å². The second-order valence-electron chi connectivity index (χ2n) is 13.9. The van der Waals surface area contributed by atoms with Crippen LogP contribution in [0.25, 0.3) is 0 Å². The van der Waals surface area contributed by atoms with Crippen LogP contribution in [0.1, 0.15) is 19.3 Å². The van der Waals surface area contributed by atoms with Gasteiger partial charge in [0, 0.05) is 38.0 Å². The molecular weight excluding hydrogens is 674 g/mol. The number of aliphatic hydroxyl groups excluding tert-OH is 7. The topological polar surface area (TPSA) is 402 Å². The van der Waals surface area contributed by atoms with Crippen LogP contribution in [0.3, 0.4) is 0 Å². The molecule has 3 heterocycles. The van der Waals surface area contributed by atoms with E-state index < -0.39 is 134 Å². The van der Waals surface area contributed by atoms with Gasteiger partial charge in [-0.3, -0.25) is 4.79 Å². The number of nitrogens with two attached hydrogens (primary N) is 6. The predicted molar refractivity (Wildman–Crippen MR) is 164 cm³/mol. The Bertz CT molecular complexity index is 1140. The number of hydrogen-bond acceptors (Lipinski definition) is 21. The van der Waals surface area contributed by atoms with Gasteiger partial charge in [0.1, 0.15) is 78.8 Å². The van der Waals surface area contributed by atoms with E-state index in [4.69, 9.17) is 62.8 Å². The number of amides is 1. The van der Waals surface area contributed by atoms with Gasteiger partial charge in [-0.05, 0) is 6.42 Å². The van der Waals surface area contributed by atoms with Crippen molar-refractivity contribution in [2.24, 2.45) is 34.4 Å². The Morgan fingerprint density at radius 3 is 1.64 bits per heavy atom. The number of hydrogen-bond donors (Lipinski definition) is 15. The summed E-state index contributed by atoms with van der Waals surface area (Å²) in [6.07, 6.45) is -21.6. The summed E-state index contributed by atoms with van der Waals surface area (Å²) >= 11 is 0. The van der Waals surface area contributed by atoms with Crippen LogP contribution in [-0.2, 0) is 33.2 Å². The second kappa shape index (κ2) is 16.0. The molecule has 2 saturated carbocycles. The maximum absolute atomic E-state index is 13.0. The van der Waals surface area contributed by atoms with Gasteiger partial charge in [-0.2, -0.15) is 0 Å². The fourth-order valence-corrected chi connectivity index (χ4v) is 7.15. The Morgan fingerprint density at radius 2 is 1.16 bits per heavy atom. The van der Waals surface area contributed by atoms with Crippen molar-refractivity contribution >= 4 is 5.91 Å². The Hall–Kier alpha value is -1.33. The molecule has 3 aliphatic heterocycles. The smallest absolute Gasteiger partial charge is 0.252 e. The van der Waals surface area contributed by atoms with Gasteiger partial charge in [-0.15, -0.1) is 0 Å². The summed E-state index contributed by atoms with van der Waals surface area (Å²) in [5.41, 5.74) is 34.0. The first kappa shape index (κ1) is 39.9. The van der Waals surface area contributed by atoms with Crippen molar-refractivity contribution in [1.29, 1.82) is 0 Å². The first-order valence-corrected chi connectivity index (χ1v) is 16.6. The third-order valence-corrected chi connectivity index (χ3v) is 10.3. The average molecular weight is 728 g/mol. The highest BCUT2D eigenvalue weighted by atomic mass is 16.8. The van der Waals surface area contributed by atoms with Gasteiger partial charge >= 0.3 is 0 Å². The van der Waals surface area contributed by atoms with Crippen molar-refractivity contribution in [2.45, 2.75) is 147 Å². The van der Waals surface area contributed by atoms with E-state index >= 15 is 0 Å². The number of nitrogens with one attached hydrogen (secondary N) is 1. The van der Waals surface area contributed by atoms with E-state index in [1.54, 1.807) is 0 Å². The van der Waals surface area contributed by atoms with Crippen LogP contribution in [0.15, 0.2) is 0 Å². The molecule has 21 N–H and O–H groups in total. The lowest BCUT2D eigenvalue weighted by molar-refractivity contribution is -0.307. The largest absolute Gasteiger partial charge is 0.394 e. The van der Waals surface area contributed by atoms with Gasteiger partial charge in [0.2, 0.25) is 0 Å². The number of rotatable bonds is 11. The van der Waals surface area contributed by atoms with E-state index in [0.717, 1.165) is 0 Å².